The first-order valence-electron chi connectivity index (χ1n) is 10.6. The Kier molecular flexibility index (Phi) is 5.35. The maximum absolute atomic E-state index is 11.4. The number of H-pyrrole nitrogens is 1. The smallest absolute Gasteiger partial charge is 0.408 e. The number of nitrogens with one attached hydrogen (secondary N) is 3. The first-order valence-corrected chi connectivity index (χ1v) is 11.0. The van der Waals surface area contributed by atoms with Crippen LogP contribution in [0.3, 0.4) is 0 Å². The third-order valence-corrected chi connectivity index (χ3v) is 6.19. The van der Waals surface area contributed by atoms with E-state index in [1.807, 2.05) is 13.0 Å². The topological polar surface area (TPSA) is 128 Å². The van der Waals surface area contributed by atoms with E-state index in [0.29, 0.717) is 27.5 Å². The molecule has 4 heterocycles. The lowest BCUT2D eigenvalue weighted by Crippen LogP contribution is -2.50. The number of piperazine rings is 1. The van der Waals surface area contributed by atoms with Crippen LogP contribution in [0.15, 0.2) is 56.4 Å². The van der Waals surface area contributed by atoms with E-state index in [1.165, 1.54) is 0 Å². The van der Waals surface area contributed by atoms with E-state index >= 15 is 0 Å². The number of rotatable bonds is 3. The summed E-state index contributed by atoms with van der Waals surface area (Å²) in [7, 11) is 2.11. The van der Waals surface area contributed by atoms with Crippen LogP contribution < -0.4 is 27.0 Å². The Balaban J connectivity index is 1.41. The molecule has 0 amide bonds. The number of hydrogen-bond donors (Lipinski definition) is 4. The first-order chi connectivity index (χ1) is 15.8. The van der Waals surface area contributed by atoms with Gasteiger partial charge in [-0.15, -0.1) is 0 Å². The molecule has 33 heavy (non-hydrogen) atoms. The lowest BCUT2D eigenvalue weighted by Gasteiger charge is -2.34. The minimum absolute atomic E-state index is 0.486. The summed E-state index contributed by atoms with van der Waals surface area (Å²) >= 11 is 6.61. The van der Waals surface area contributed by atoms with Gasteiger partial charge in [-0.1, -0.05) is 11.6 Å². The van der Waals surface area contributed by atoms with E-state index < -0.39 is 11.5 Å². The molecular formula is C22H25ClN8O2. The number of aliphatic imine (C=N–C) groups is 1. The predicted molar refractivity (Wildman–Crippen MR) is 130 cm³/mol. The van der Waals surface area contributed by atoms with Crippen molar-refractivity contribution in [1.82, 2.24) is 20.2 Å². The van der Waals surface area contributed by atoms with Crippen molar-refractivity contribution in [2.75, 3.05) is 43.4 Å². The first kappa shape index (κ1) is 21.5. The van der Waals surface area contributed by atoms with Crippen molar-refractivity contribution >= 4 is 40.0 Å². The molecule has 2 aromatic heterocycles. The second-order valence-electron chi connectivity index (χ2n) is 8.37. The molecule has 0 spiro atoms. The van der Waals surface area contributed by atoms with Gasteiger partial charge in [0.05, 0.1) is 10.5 Å². The average molecular weight is 469 g/mol. The quantitative estimate of drug-likeness (QED) is 0.459. The third kappa shape index (κ3) is 4.20. The van der Waals surface area contributed by atoms with E-state index in [0.717, 1.165) is 43.3 Å². The maximum atomic E-state index is 11.4. The number of nitrogens with two attached hydrogens (primary N) is 1. The summed E-state index contributed by atoms with van der Waals surface area (Å²) in [5.41, 5.74) is 9.95. The fourth-order valence-electron chi connectivity index (χ4n) is 3.91. The number of aromatic amines is 1. The number of likely N-dealkylation sites (N-methyl/N-ethyl adjacent to an activating group) is 1. The highest BCUT2D eigenvalue weighted by atomic mass is 35.5. The number of anilines is 2. The zero-order valence-corrected chi connectivity index (χ0v) is 19.1. The van der Waals surface area contributed by atoms with Gasteiger partial charge in [0.2, 0.25) is 5.79 Å². The van der Waals surface area contributed by atoms with Gasteiger partial charge in [0.25, 0.3) is 0 Å². The molecule has 0 radical (unpaired) electrons. The summed E-state index contributed by atoms with van der Waals surface area (Å²) in [6.45, 7) is 5.58. The Bertz CT molecular complexity index is 1320. The molecule has 0 aliphatic carbocycles. The minimum Gasteiger partial charge on any atom is -0.408 e. The number of amidine groups is 1. The fourth-order valence-corrected chi connectivity index (χ4v) is 4.20. The number of aromatic nitrogens is 2. The summed E-state index contributed by atoms with van der Waals surface area (Å²) in [6, 6.07) is 7.11. The normalized spacial score (nSPS) is 21.5. The van der Waals surface area contributed by atoms with Gasteiger partial charge in [-0.2, -0.15) is 0 Å². The lowest BCUT2D eigenvalue weighted by atomic mass is 10.1. The largest absolute Gasteiger partial charge is 0.417 e. The Hall–Kier alpha value is -3.34. The van der Waals surface area contributed by atoms with Gasteiger partial charge in [0, 0.05) is 55.4 Å². The summed E-state index contributed by atoms with van der Waals surface area (Å²) in [5.74, 6) is -0.402. The van der Waals surface area contributed by atoms with Crippen LogP contribution in [0.4, 0.5) is 11.5 Å². The van der Waals surface area contributed by atoms with Gasteiger partial charge in [-0.25, -0.2) is 14.8 Å². The van der Waals surface area contributed by atoms with Crippen molar-refractivity contribution in [2.45, 2.75) is 12.7 Å². The number of hydrogen-bond acceptors (Lipinski definition) is 9. The molecule has 1 fully saturated rings. The predicted octanol–water partition coefficient (Wildman–Crippen LogP) is 2.01. The number of oxazole rings is 1. The number of nitrogens with zero attached hydrogens (tertiary/aromatic N) is 4. The summed E-state index contributed by atoms with van der Waals surface area (Å²) < 4.78 is 5.06. The van der Waals surface area contributed by atoms with E-state index in [4.69, 9.17) is 26.7 Å². The van der Waals surface area contributed by atoms with Crippen LogP contribution in [-0.2, 0) is 5.79 Å². The molecule has 3 aromatic rings. The molecule has 5 rings (SSSR count). The molecule has 1 atom stereocenters. The molecule has 10 nitrogen and oxygen atoms in total. The van der Waals surface area contributed by atoms with Crippen molar-refractivity contribution in [2.24, 2.45) is 10.7 Å². The number of benzene rings is 1. The highest BCUT2D eigenvalue weighted by Gasteiger charge is 2.31. The standard InChI is InChI=1S/C22H25ClN8O2/c1-13-11-26-22(24,14-9-16(23)20(25-12-14)31-7-5-30(2)6-8-31)29-19(13)27-15-3-4-18-17(10-15)28-21(32)33-18/h3-4,9-12,26H,5-8,24H2,1-2H3,(H,27,29)(H,28,32). The third-order valence-electron chi connectivity index (χ3n) is 5.92. The van der Waals surface area contributed by atoms with Crippen LogP contribution in [0, 0.1) is 0 Å². The van der Waals surface area contributed by atoms with Gasteiger partial charge >= 0.3 is 5.76 Å². The molecule has 5 N–H and O–H groups in total. The van der Waals surface area contributed by atoms with E-state index in [9.17, 15) is 4.79 Å². The van der Waals surface area contributed by atoms with Gasteiger partial charge in [0.15, 0.2) is 5.58 Å². The van der Waals surface area contributed by atoms with Crippen LogP contribution in [-0.4, -0.2) is 53.9 Å². The van der Waals surface area contributed by atoms with Crippen LogP contribution >= 0.6 is 11.6 Å². The molecule has 0 saturated carbocycles. The van der Waals surface area contributed by atoms with E-state index in [2.05, 4.69) is 37.4 Å². The van der Waals surface area contributed by atoms with E-state index in [1.54, 1.807) is 30.6 Å². The summed E-state index contributed by atoms with van der Waals surface area (Å²) in [5, 5.41) is 6.96. The van der Waals surface area contributed by atoms with Gasteiger partial charge < -0.3 is 24.9 Å². The lowest BCUT2D eigenvalue weighted by molar-refractivity contribution is 0.312. The SMILES string of the molecule is CC1=CNC(N)(c2cnc(N3CCN(C)CC3)c(Cl)c2)N=C1Nc1ccc2oc(=O)[nH]c2c1. The number of pyridine rings is 1. The zero-order chi connectivity index (χ0) is 23.2. The number of fused-ring (bicyclic) bond motifs is 1. The molecular weight excluding hydrogens is 444 g/mol. The van der Waals surface area contributed by atoms with Crippen molar-refractivity contribution < 1.29 is 4.42 Å². The molecule has 2 aliphatic heterocycles. The van der Waals surface area contributed by atoms with Gasteiger partial charge in [-0.05, 0) is 38.2 Å². The zero-order valence-electron chi connectivity index (χ0n) is 18.4. The monoisotopic (exact) mass is 468 g/mol. The Morgan fingerprint density at radius 1 is 1.24 bits per heavy atom. The van der Waals surface area contributed by atoms with Crippen molar-refractivity contribution in [3.05, 3.63) is 63.4 Å². The van der Waals surface area contributed by atoms with Gasteiger partial charge in [-0.3, -0.25) is 10.7 Å². The Morgan fingerprint density at radius 3 is 2.79 bits per heavy atom. The molecule has 1 unspecified atom stereocenters. The second-order valence-corrected chi connectivity index (χ2v) is 8.78. The van der Waals surface area contributed by atoms with E-state index in [-0.39, 0.29) is 0 Å². The summed E-state index contributed by atoms with van der Waals surface area (Å²) in [4.78, 5) is 27.9. The molecule has 11 heteroatoms. The second kappa shape index (κ2) is 8.22. The highest BCUT2D eigenvalue weighted by molar-refractivity contribution is 6.33. The molecule has 0 bridgehead atoms. The van der Waals surface area contributed by atoms with Crippen LogP contribution in [0.5, 0.6) is 0 Å². The molecule has 1 aromatic carbocycles. The highest BCUT2D eigenvalue weighted by Crippen LogP contribution is 2.30. The van der Waals surface area contributed by atoms with Crippen LogP contribution in [0.25, 0.3) is 11.1 Å². The van der Waals surface area contributed by atoms with Crippen LogP contribution in [0.2, 0.25) is 5.02 Å². The fraction of sp³-hybridized carbons (Fsp3) is 0.318. The minimum atomic E-state index is -1.24. The molecule has 1 saturated heterocycles. The van der Waals surface area contributed by atoms with Crippen molar-refractivity contribution in [3.8, 4) is 0 Å². The Labute approximate surface area is 195 Å². The van der Waals surface area contributed by atoms with Gasteiger partial charge in [0.1, 0.15) is 11.7 Å². The average Bonchev–Trinajstić information content (AvgIpc) is 3.16. The van der Waals surface area contributed by atoms with Crippen molar-refractivity contribution in [1.29, 1.82) is 0 Å². The van der Waals surface area contributed by atoms with Crippen molar-refractivity contribution in [3.63, 3.8) is 0 Å². The maximum Gasteiger partial charge on any atom is 0.417 e. The Morgan fingerprint density at radius 2 is 2.03 bits per heavy atom. The molecule has 2 aliphatic rings. The summed E-state index contributed by atoms with van der Waals surface area (Å²) in [6.07, 6.45) is 3.51. The molecule has 172 valence electrons. The number of halogens is 1. The van der Waals surface area contributed by atoms with Crippen LogP contribution in [0.1, 0.15) is 12.5 Å².